The summed E-state index contributed by atoms with van der Waals surface area (Å²) in [6.45, 7) is 10.2. The summed E-state index contributed by atoms with van der Waals surface area (Å²) in [5.41, 5.74) is -2.42. The minimum atomic E-state index is -5.01. The van der Waals surface area contributed by atoms with Gasteiger partial charge in [0.05, 0.1) is 30.5 Å². The molecule has 1 aliphatic heterocycles. The van der Waals surface area contributed by atoms with Gasteiger partial charge in [0.2, 0.25) is 0 Å². The van der Waals surface area contributed by atoms with E-state index in [0.29, 0.717) is 50.0 Å². The van der Waals surface area contributed by atoms with Crippen LogP contribution in [0.1, 0.15) is 86.0 Å². The Kier molecular flexibility index (Phi) is 11.7. The molecule has 0 aromatic rings. The second-order valence-corrected chi connectivity index (χ2v) is 17.6. The van der Waals surface area contributed by atoms with Crippen molar-refractivity contribution < 1.29 is 62.0 Å². The zero-order chi connectivity index (χ0) is 36.3. The summed E-state index contributed by atoms with van der Waals surface area (Å²) in [6.07, 6.45) is -2.45. The third-order valence-electron chi connectivity index (χ3n) is 13.5. The molecule has 5 rings (SSSR count). The second kappa shape index (κ2) is 14.6. The standard InChI is InChI=1S/C35H60O13S/c1-18(2)20(11-14-36)8-7-19(3)26-28(40)29(48-49(42,43)44)31-34(26,5)13-10-25-33(4)12-9-21(15-22(33)23(37)16-35(25,31)41)47-32-30(45-6)27(39)24(38)17-46-32/h15,18-21,23-32,36-41H,7-14,16-17H2,1-6H3,(H,42,43,44). The van der Waals surface area contributed by atoms with Crippen LogP contribution in [0.2, 0.25) is 0 Å². The highest BCUT2D eigenvalue weighted by Crippen LogP contribution is 2.70. The molecule has 0 bridgehead atoms. The van der Waals surface area contributed by atoms with Crippen LogP contribution in [-0.4, -0.2) is 119 Å². The van der Waals surface area contributed by atoms with Crippen molar-refractivity contribution in [3.63, 3.8) is 0 Å². The highest BCUT2D eigenvalue weighted by atomic mass is 32.3. The Labute approximate surface area is 290 Å². The Bertz CT molecular complexity index is 1290. The Hall–Kier alpha value is -0.750. The maximum absolute atomic E-state index is 12.9. The average Bonchev–Trinajstić information content (AvgIpc) is 3.22. The molecule has 13 nitrogen and oxygen atoms in total. The molecule has 0 radical (unpaired) electrons. The maximum Gasteiger partial charge on any atom is 0.397 e. The van der Waals surface area contributed by atoms with Crippen LogP contribution in [0.4, 0.5) is 0 Å². The highest BCUT2D eigenvalue weighted by molar-refractivity contribution is 7.80. The van der Waals surface area contributed by atoms with Gasteiger partial charge in [0, 0.05) is 26.1 Å². The minimum absolute atomic E-state index is 0.0848. The van der Waals surface area contributed by atoms with Crippen LogP contribution in [-0.2, 0) is 28.8 Å². The van der Waals surface area contributed by atoms with E-state index in [4.69, 9.17) is 18.4 Å². The number of aliphatic hydroxyl groups excluding tert-OH is 5. The lowest BCUT2D eigenvalue weighted by molar-refractivity contribution is -0.285. The molecule has 5 aliphatic rings. The zero-order valence-corrected chi connectivity index (χ0v) is 30.5. The van der Waals surface area contributed by atoms with E-state index in [1.807, 2.05) is 26.8 Å². The van der Waals surface area contributed by atoms with Crippen molar-refractivity contribution in [3.8, 4) is 0 Å². The van der Waals surface area contributed by atoms with Gasteiger partial charge in [-0.25, -0.2) is 4.18 Å². The third-order valence-corrected chi connectivity index (χ3v) is 14.0. The van der Waals surface area contributed by atoms with Gasteiger partial charge >= 0.3 is 10.4 Å². The predicted molar refractivity (Wildman–Crippen MR) is 177 cm³/mol. The summed E-state index contributed by atoms with van der Waals surface area (Å²) in [5.74, 6) is -1.26. The fraction of sp³-hybridized carbons (Fsp3) is 0.943. The van der Waals surface area contributed by atoms with Crippen LogP contribution in [0, 0.1) is 46.3 Å². The van der Waals surface area contributed by atoms with Gasteiger partial charge < -0.3 is 44.8 Å². The number of rotatable bonds is 12. The summed E-state index contributed by atoms with van der Waals surface area (Å²) in [7, 11) is -3.61. The molecule has 1 heterocycles. The van der Waals surface area contributed by atoms with Gasteiger partial charge in [0.25, 0.3) is 0 Å². The largest absolute Gasteiger partial charge is 0.397 e. The lowest BCUT2D eigenvalue weighted by Gasteiger charge is -2.64. The number of aliphatic hydroxyl groups is 6. The van der Waals surface area contributed by atoms with E-state index in [-0.39, 0.29) is 31.5 Å². The number of ether oxygens (including phenoxy) is 3. The smallest absolute Gasteiger partial charge is 0.396 e. The third kappa shape index (κ3) is 7.16. The monoisotopic (exact) mass is 720 g/mol. The average molecular weight is 721 g/mol. The van der Waals surface area contributed by atoms with Crippen molar-refractivity contribution in [3.05, 3.63) is 11.6 Å². The predicted octanol–water partition coefficient (Wildman–Crippen LogP) is 1.97. The quantitative estimate of drug-likeness (QED) is 0.114. The Balaban J connectivity index is 1.44. The fourth-order valence-electron chi connectivity index (χ4n) is 11.2. The van der Waals surface area contributed by atoms with E-state index in [0.717, 1.165) is 6.42 Å². The Morgan fingerprint density at radius 3 is 2.31 bits per heavy atom. The maximum atomic E-state index is 12.9. The molecule has 4 fully saturated rings. The van der Waals surface area contributed by atoms with E-state index in [1.165, 1.54) is 7.11 Å². The van der Waals surface area contributed by atoms with E-state index in [1.54, 1.807) is 0 Å². The first kappa shape index (κ1) is 39.5. The molecular weight excluding hydrogens is 660 g/mol. The number of hydrogen-bond acceptors (Lipinski definition) is 12. The van der Waals surface area contributed by atoms with Crippen LogP contribution in [0.15, 0.2) is 11.6 Å². The summed E-state index contributed by atoms with van der Waals surface area (Å²) in [4.78, 5) is 0. The van der Waals surface area contributed by atoms with Crippen molar-refractivity contribution >= 4 is 10.4 Å². The van der Waals surface area contributed by atoms with Crippen LogP contribution in [0.3, 0.4) is 0 Å². The molecule has 16 atom stereocenters. The fourth-order valence-corrected chi connectivity index (χ4v) is 11.8. The summed E-state index contributed by atoms with van der Waals surface area (Å²) in [5, 5.41) is 66.6. The molecule has 3 saturated carbocycles. The lowest BCUT2D eigenvalue weighted by Crippen LogP contribution is -2.66. The first-order valence-electron chi connectivity index (χ1n) is 18.1. The Morgan fingerprint density at radius 1 is 1.00 bits per heavy atom. The summed E-state index contributed by atoms with van der Waals surface area (Å²) >= 11 is 0. The number of hydrogen-bond donors (Lipinski definition) is 7. The molecule has 7 N–H and O–H groups in total. The topological polar surface area (TPSA) is 213 Å². The SMILES string of the molecule is COC1C(OC2C=C3C(O)CC4(O)C(CCC5(C)C(C(C)CCC(CCO)C(C)C)C(O)C(OS(=O)(=O)O)C54)C3(C)CC2)OCC(O)C1O. The molecule has 284 valence electrons. The van der Waals surface area contributed by atoms with Gasteiger partial charge in [-0.3, -0.25) is 4.55 Å². The van der Waals surface area contributed by atoms with Gasteiger partial charge in [-0.15, -0.1) is 0 Å². The summed E-state index contributed by atoms with van der Waals surface area (Å²) < 4.78 is 56.9. The minimum Gasteiger partial charge on any atom is -0.396 e. The lowest BCUT2D eigenvalue weighted by atomic mass is 9.43. The number of fused-ring (bicyclic) bond motifs is 5. The van der Waals surface area contributed by atoms with Crippen molar-refractivity contribution in [2.75, 3.05) is 20.3 Å². The Morgan fingerprint density at radius 2 is 1.69 bits per heavy atom. The van der Waals surface area contributed by atoms with E-state index < -0.39 is 93.6 Å². The van der Waals surface area contributed by atoms with Gasteiger partial charge in [0.15, 0.2) is 6.29 Å². The van der Waals surface area contributed by atoms with E-state index in [9.17, 15) is 43.6 Å². The van der Waals surface area contributed by atoms with Crippen LogP contribution < -0.4 is 0 Å². The highest BCUT2D eigenvalue weighted by Gasteiger charge is 2.73. The molecule has 0 spiro atoms. The molecule has 0 aromatic carbocycles. The van der Waals surface area contributed by atoms with E-state index in [2.05, 4.69) is 13.8 Å². The van der Waals surface area contributed by atoms with Gasteiger partial charge in [-0.1, -0.05) is 47.1 Å². The first-order chi connectivity index (χ1) is 22.8. The van der Waals surface area contributed by atoms with Crippen molar-refractivity contribution in [1.29, 1.82) is 0 Å². The van der Waals surface area contributed by atoms with Gasteiger partial charge in [0.1, 0.15) is 24.4 Å². The molecule has 14 heteroatoms. The van der Waals surface area contributed by atoms with Crippen LogP contribution >= 0.6 is 0 Å². The molecule has 0 aromatic heterocycles. The summed E-state index contributed by atoms with van der Waals surface area (Å²) in [6, 6.07) is 0. The first-order valence-corrected chi connectivity index (χ1v) is 19.4. The van der Waals surface area contributed by atoms with Crippen molar-refractivity contribution in [1.82, 2.24) is 0 Å². The van der Waals surface area contributed by atoms with E-state index >= 15 is 0 Å². The van der Waals surface area contributed by atoms with Crippen LogP contribution in [0.5, 0.6) is 0 Å². The molecule has 0 amide bonds. The molecule has 4 aliphatic carbocycles. The van der Waals surface area contributed by atoms with Crippen molar-refractivity contribution in [2.45, 2.75) is 141 Å². The molecular formula is C35H60O13S. The van der Waals surface area contributed by atoms with Crippen LogP contribution in [0.25, 0.3) is 0 Å². The number of methoxy groups -OCH3 is 1. The van der Waals surface area contributed by atoms with Crippen molar-refractivity contribution in [2.24, 2.45) is 46.3 Å². The molecule has 16 unspecified atom stereocenters. The normalized spacial score (nSPS) is 46.8. The zero-order valence-electron chi connectivity index (χ0n) is 29.7. The van der Waals surface area contributed by atoms with Gasteiger partial charge in [-0.05, 0) is 84.5 Å². The second-order valence-electron chi connectivity index (χ2n) is 16.6. The molecule has 1 saturated heterocycles. The van der Waals surface area contributed by atoms with Gasteiger partial charge in [-0.2, -0.15) is 8.42 Å². The molecule has 49 heavy (non-hydrogen) atoms.